The molecule has 0 amide bonds. The molecule has 134 valence electrons. The lowest BCUT2D eigenvalue weighted by Crippen LogP contribution is -2.46. The number of hydrogen-bond donors (Lipinski definition) is 1. The molecule has 0 aliphatic carbocycles. The SMILES string of the molecule is C[C@](C=O)(COCc1ccc(F)cc1)NP(=O)(Cl)Oc1ccccc1. The molecule has 1 unspecified atom stereocenters. The average molecular weight is 386 g/mol. The fourth-order valence-electron chi connectivity index (χ4n) is 2.00. The summed E-state index contributed by atoms with van der Waals surface area (Å²) in [5.74, 6) is -0.0295. The highest BCUT2D eigenvalue weighted by molar-refractivity contribution is 7.84. The predicted molar refractivity (Wildman–Crippen MR) is 94.2 cm³/mol. The number of rotatable bonds is 9. The maximum absolute atomic E-state index is 12.9. The molecule has 0 heterocycles. The van der Waals surface area contributed by atoms with Gasteiger partial charge in [0, 0.05) is 11.2 Å². The van der Waals surface area contributed by atoms with E-state index in [1.54, 1.807) is 42.5 Å². The Hall–Kier alpha value is -1.72. The van der Waals surface area contributed by atoms with Crippen molar-refractivity contribution < 1.29 is 23.0 Å². The van der Waals surface area contributed by atoms with Gasteiger partial charge < -0.3 is 14.1 Å². The van der Waals surface area contributed by atoms with Crippen LogP contribution in [-0.2, 0) is 20.7 Å². The van der Waals surface area contributed by atoms with Gasteiger partial charge in [-0.3, -0.25) is 0 Å². The number of hydrogen-bond acceptors (Lipinski definition) is 4. The zero-order valence-electron chi connectivity index (χ0n) is 13.5. The third-order valence-electron chi connectivity index (χ3n) is 3.20. The number of halogens is 2. The summed E-state index contributed by atoms with van der Waals surface area (Å²) in [5.41, 5.74) is -0.573. The van der Waals surface area contributed by atoms with Gasteiger partial charge in [-0.2, -0.15) is 0 Å². The Morgan fingerprint density at radius 3 is 2.44 bits per heavy atom. The van der Waals surface area contributed by atoms with Crippen molar-refractivity contribution in [2.24, 2.45) is 0 Å². The number of nitrogens with one attached hydrogen (secondary N) is 1. The van der Waals surface area contributed by atoms with Crippen molar-refractivity contribution in [1.29, 1.82) is 0 Å². The summed E-state index contributed by atoms with van der Waals surface area (Å²) in [4.78, 5) is 11.4. The average Bonchev–Trinajstić information content (AvgIpc) is 2.56. The lowest BCUT2D eigenvalue weighted by molar-refractivity contribution is -0.114. The number of carbonyl (C=O) groups is 1. The second kappa shape index (κ2) is 8.59. The van der Waals surface area contributed by atoms with Crippen LogP contribution in [-0.4, -0.2) is 18.4 Å². The molecule has 25 heavy (non-hydrogen) atoms. The van der Waals surface area contributed by atoms with Crippen LogP contribution in [0.25, 0.3) is 0 Å². The van der Waals surface area contributed by atoms with Crippen LogP contribution in [0.4, 0.5) is 4.39 Å². The molecule has 5 nitrogen and oxygen atoms in total. The molecule has 0 spiro atoms. The Morgan fingerprint density at radius 2 is 1.84 bits per heavy atom. The first-order valence-corrected chi connectivity index (χ1v) is 9.97. The Morgan fingerprint density at radius 1 is 1.20 bits per heavy atom. The summed E-state index contributed by atoms with van der Waals surface area (Å²) >= 11 is 5.91. The van der Waals surface area contributed by atoms with E-state index in [0.29, 0.717) is 12.0 Å². The van der Waals surface area contributed by atoms with Gasteiger partial charge in [0.25, 0.3) is 0 Å². The van der Waals surface area contributed by atoms with Crippen molar-refractivity contribution in [1.82, 2.24) is 5.09 Å². The molecule has 0 aliphatic rings. The van der Waals surface area contributed by atoms with E-state index in [2.05, 4.69) is 5.09 Å². The van der Waals surface area contributed by atoms with Gasteiger partial charge in [-0.05, 0) is 36.8 Å². The molecule has 2 rings (SSSR count). The number of para-hydroxylation sites is 1. The van der Waals surface area contributed by atoms with Crippen LogP contribution >= 0.6 is 18.1 Å². The van der Waals surface area contributed by atoms with Gasteiger partial charge >= 0.3 is 6.87 Å². The van der Waals surface area contributed by atoms with Gasteiger partial charge in [0.05, 0.1) is 13.2 Å². The molecular formula is C17H18ClFNO4P. The smallest absolute Gasteiger partial charge is 0.410 e. The number of benzene rings is 2. The second-order valence-corrected chi connectivity index (χ2v) is 8.35. The summed E-state index contributed by atoms with van der Waals surface area (Å²) in [6, 6.07) is 14.2. The first kappa shape index (κ1) is 19.6. The van der Waals surface area contributed by atoms with Gasteiger partial charge in [-0.1, -0.05) is 30.3 Å². The van der Waals surface area contributed by atoms with E-state index in [4.69, 9.17) is 20.5 Å². The van der Waals surface area contributed by atoms with E-state index in [1.807, 2.05) is 0 Å². The Labute approximate surface area is 150 Å². The van der Waals surface area contributed by atoms with Crippen molar-refractivity contribution in [2.45, 2.75) is 19.1 Å². The van der Waals surface area contributed by atoms with Crippen LogP contribution in [0.2, 0.25) is 0 Å². The quantitative estimate of drug-likeness (QED) is 0.514. The molecule has 0 bridgehead atoms. The summed E-state index contributed by atoms with van der Waals surface area (Å²) in [6.07, 6.45) is 0.557. The topological polar surface area (TPSA) is 64.6 Å². The lowest BCUT2D eigenvalue weighted by atomic mass is 10.1. The predicted octanol–water partition coefficient (Wildman–Crippen LogP) is 4.32. The minimum Gasteiger partial charge on any atom is -0.422 e. The fraction of sp³-hybridized carbons (Fsp3) is 0.235. The van der Waals surface area contributed by atoms with E-state index in [9.17, 15) is 13.8 Å². The Bertz CT molecular complexity index is 744. The first-order valence-electron chi connectivity index (χ1n) is 7.44. The lowest BCUT2D eigenvalue weighted by Gasteiger charge is -2.27. The Kier molecular flexibility index (Phi) is 6.73. The van der Waals surface area contributed by atoms with Gasteiger partial charge in [0.2, 0.25) is 0 Å². The molecule has 1 N–H and O–H groups in total. The molecule has 0 saturated carbocycles. The molecule has 8 heteroatoms. The molecule has 2 aromatic rings. The third kappa shape index (κ3) is 6.59. The minimum atomic E-state index is -3.81. The highest BCUT2D eigenvalue weighted by atomic mass is 35.7. The van der Waals surface area contributed by atoms with Crippen LogP contribution in [0, 0.1) is 5.82 Å². The molecular weight excluding hydrogens is 368 g/mol. The zero-order valence-corrected chi connectivity index (χ0v) is 15.2. The molecule has 2 aromatic carbocycles. The molecule has 0 radical (unpaired) electrons. The van der Waals surface area contributed by atoms with Crippen molar-refractivity contribution in [3.63, 3.8) is 0 Å². The largest absolute Gasteiger partial charge is 0.422 e. The Balaban J connectivity index is 1.92. The first-order chi connectivity index (χ1) is 11.8. The highest BCUT2D eigenvalue weighted by Crippen LogP contribution is 2.49. The van der Waals surface area contributed by atoms with Gasteiger partial charge in [-0.15, -0.1) is 0 Å². The van der Waals surface area contributed by atoms with Gasteiger partial charge in [-0.25, -0.2) is 14.0 Å². The summed E-state index contributed by atoms with van der Waals surface area (Å²) < 4.78 is 36.0. The zero-order chi connectivity index (χ0) is 18.3. The van der Waals surface area contributed by atoms with E-state index < -0.39 is 12.4 Å². The van der Waals surface area contributed by atoms with Gasteiger partial charge in [0.15, 0.2) is 0 Å². The monoisotopic (exact) mass is 385 g/mol. The molecule has 0 fully saturated rings. The minimum absolute atomic E-state index is 0.0945. The molecule has 0 aliphatic heterocycles. The van der Waals surface area contributed by atoms with Crippen molar-refractivity contribution >= 4 is 24.4 Å². The van der Waals surface area contributed by atoms with Crippen molar-refractivity contribution in [2.75, 3.05) is 6.61 Å². The maximum Gasteiger partial charge on any atom is 0.410 e. The number of ether oxygens (including phenoxy) is 1. The molecule has 0 aromatic heterocycles. The second-order valence-electron chi connectivity index (χ2n) is 5.65. The molecule has 0 saturated heterocycles. The summed E-state index contributed by atoms with van der Waals surface area (Å²) in [6.45, 7) is -2.25. The molecule has 2 atom stereocenters. The fourth-order valence-corrected chi connectivity index (χ4v) is 3.98. The van der Waals surface area contributed by atoms with Crippen molar-refractivity contribution in [3.05, 3.63) is 66.0 Å². The standard InChI is InChI=1S/C17H18ClFNO4P/c1-17(12-21,13-23-11-14-7-9-15(19)10-8-14)20-25(18,22)24-16-5-3-2-4-6-16/h2-10,12H,11,13H2,1H3,(H,20,22)/t17-,25?/m0/s1. The van der Waals surface area contributed by atoms with E-state index in [-0.39, 0.29) is 19.0 Å². The van der Waals surface area contributed by atoms with Crippen molar-refractivity contribution in [3.8, 4) is 5.75 Å². The number of aldehydes is 1. The third-order valence-corrected chi connectivity index (χ3v) is 4.88. The normalized spacial score (nSPS) is 15.8. The van der Waals surface area contributed by atoms with Crippen LogP contribution in [0.15, 0.2) is 54.6 Å². The van der Waals surface area contributed by atoms with Crippen LogP contribution in [0.5, 0.6) is 5.75 Å². The van der Waals surface area contributed by atoms with E-state index in [1.165, 1.54) is 19.1 Å². The van der Waals surface area contributed by atoms with Crippen LogP contribution in [0.3, 0.4) is 0 Å². The van der Waals surface area contributed by atoms with Gasteiger partial charge in [0.1, 0.15) is 23.4 Å². The summed E-state index contributed by atoms with van der Waals surface area (Å²) in [7, 11) is 0. The van der Waals surface area contributed by atoms with E-state index in [0.717, 1.165) is 5.56 Å². The highest BCUT2D eigenvalue weighted by Gasteiger charge is 2.34. The maximum atomic E-state index is 12.9. The van der Waals surface area contributed by atoms with E-state index >= 15 is 0 Å². The number of carbonyl (C=O) groups excluding carboxylic acids is 1. The van der Waals surface area contributed by atoms with Crippen LogP contribution in [0.1, 0.15) is 12.5 Å². The van der Waals surface area contributed by atoms with Crippen LogP contribution < -0.4 is 9.61 Å². The summed E-state index contributed by atoms with van der Waals surface area (Å²) in [5, 5.41) is 2.51.